The third-order valence-corrected chi connectivity index (χ3v) is 7.30. The number of aliphatic imine (C=N–C) groups is 1. The number of rotatable bonds is 2. The SMILES string of the molecule is Cc1nn(-c2ccc(Cl)cc2)c2c1[C@@H](c1coc3ccc(Cl)cc3c1=O)N1C(=N2)C=Cc2ccccc21. The molecular formula is C29H18Cl2N4O2. The van der Waals surface area contributed by atoms with Crippen molar-refractivity contribution >= 4 is 57.6 Å². The lowest BCUT2D eigenvalue weighted by atomic mass is 9.92. The van der Waals surface area contributed by atoms with Crippen molar-refractivity contribution in [2.75, 3.05) is 4.90 Å². The Kier molecular flexibility index (Phi) is 4.90. The number of fused-ring (bicyclic) bond motifs is 5. The average molecular weight is 525 g/mol. The molecule has 8 heteroatoms. The summed E-state index contributed by atoms with van der Waals surface area (Å²) in [5, 5.41) is 6.39. The standard InChI is InChI=1S/C29H18Cl2N4O2/c1-16-26-27(22-15-37-24-12-9-19(31)14-21(24)28(22)36)34-23-5-3-2-4-17(23)6-13-25(34)32-29(26)35(33-16)20-10-7-18(30)8-11-20/h2-15,27H,1H3/t27-/m1/s1. The lowest BCUT2D eigenvalue weighted by Gasteiger charge is -2.38. The van der Waals surface area contributed by atoms with Crippen molar-refractivity contribution in [3.8, 4) is 5.69 Å². The lowest BCUT2D eigenvalue weighted by molar-refractivity contribution is 0.585. The van der Waals surface area contributed by atoms with Crippen LogP contribution in [0.2, 0.25) is 10.0 Å². The molecule has 0 aliphatic carbocycles. The number of anilines is 1. The van der Waals surface area contributed by atoms with E-state index in [4.69, 9.17) is 37.7 Å². The number of para-hydroxylation sites is 1. The number of amidine groups is 1. The quantitative estimate of drug-likeness (QED) is 0.243. The van der Waals surface area contributed by atoms with E-state index in [0.29, 0.717) is 38.2 Å². The minimum atomic E-state index is -0.519. The minimum absolute atomic E-state index is 0.147. The van der Waals surface area contributed by atoms with Crippen LogP contribution in [0.4, 0.5) is 11.5 Å². The Bertz CT molecular complexity index is 1850. The molecule has 3 aromatic carbocycles. The van der Waals surface area contributed by atoms with Crippen LogP contribution in [0.15, 0.2) is 93.3 Å². The molecular weight excluding hydrogens is 507 g/mol. The Balaban J connectivity index is 1.54. The fourth-order valence-corrected chi connectivity index (χ4v) is 5.43. The molecule has 6 nitrogen and oxygen atoms in total. The van der Waals surface area contributed by atoms with Gasteiger partial charge in [0.15, 0.2) is 11.2 Å². The van der Waals surface area contributed by atoms with E-state index in [1.165, 1.54) is 0 Å². The van der Waals surface area contributed by atoms with Crippen molar-refractivity contribution in [2.45, 2.75) is 13.0 Å². The molecule has 2 aromatic heterocycles. The van der Waals surface area contributed by atoms with E-state index in [2.05, 4.69) is 4.90 Å². The zero-order valence-electron chi connectivity index (χ0n) is 19.5. The normalized spacial score (nSPS) is 15.8. The van der Waals surface area contributed by atoms with E-state index < -0.39 is 6.04 Å². The molecule has 0 fully saturated rings. The van der Waals surface area contributed by atoms with Crippen molar-refractivity contribution in [1.82, 2.24) is 9.78 Å². The van der Waals surface area contributed by atoms with Crippen molar-refractivity contribution in [3.05, 3.63) is 122 Å². The molecule has 0 amide bonds. The summed E-state index contributed by atoms with van der Waals surface area (Å²) in [5.41, 5.74) is 5.21. The Morgan fingerprint density at radius 2 is 1.73 bits per heavy atom. The summed E-state index contributed by atoms with van der Waals surface area (Å²) in [4.78, 5) is 21.1. The first-order valence-corrected chi connectivity index (χ1v) is 12.5. The van der Waals surface area contributed by atoms with Gasteiger partial charge in [0.1, 0.15) is 17.7 Å². The summed E-state index contributed by atoms with van der Waals surface area (Å²) in [6.07, 6.45) is 5.55. The van der Waals surface area contributed by atoms with Crippen molar-refractivity contribution in [1.29, 1.82) is 0 Å². The van der Waals surface area contributed by atoms with E-state index in [0.717, 1.165) is 28.2 Å². The second kappa shape index (κ2) is 8.20. The molecule has 5 aromatic rings. The topological polar surface area (TPSA) is 63.6 Å². The highest BCUT2D eigenvalue weighted by molar-refractivity contribution is 6.31. The van der Waals surface area contributed by atoms with Gasteiger partial charge in [-0.1, -0.05) is 41.4 Å². The molecule has 0 unspecified atom stereocenters. The van der Waals surface area contributed by atoms with Gasteiger partial charge in [0.2, 0.25) is 0 Å². The van der Waals surface area contributed by atoms with Gasteiger partial charge >= 0.3 is 0 Å². The number of hydrogen-bond acceptors (Lipinski definition) is 5. The lowest BCUT2D eigenvalue weighted by Crippen LogP contribution is -2.40. The second-order valence-corrected chi connectivity index (χ2v) is 9.88. The van der Waals surface area contributed by atoms with Crippen LogP contribution in [0.5, 0.6) is 0 Å². The maximum Gasteiger partial charge on any atom is 0.198 e. The summed E-state index contributed by atoms with van der Waals surface area (Å²) < 4.78 is 7.77. The summed E-state index contributed by atoms with van der Waals surface area (Å²) in [6.45, 7) is 1.93. The Morgan fingerprint density at radius 3 is 2.57 bits per heavy atom. The smallest absolute Gasteiger partial charge is 0.198 e. The van der Waals surface area contributed by atoms with Gasteiger partial charge in [0.05, 0.1) is 34.1 Å². The minimum Gasteiger partial charge on any atom is -0.464 e. The first kappa shape index (κ1) is 22.1. The highest BCUT2D eigenvalue weighted by atomic mass is 35.5. The van der Waals surface area contributed by atoms with Gasteiger partial charge in [-0.3, -0.25) is 4.79 Å². The second-order valence-electron chi connectivity index (χ2n) is 9.01. The van der Waals surface area contributed by atoms with Crippen LogP contribution in [0, 0.1) is 6.92 Å². The van der Waals surface area contributed by atoms with Crippen molar-refractivity contribution in [3.63, 3.8) is 0 Å². The van der Waals surface area contributed by atoms with E-state index in [1.807, 2.05) is 67.6 Å². The van der Waals surface area contributed by atoms with Crippen LogP contribution in [0.1, 0.15) is 28.4 Å². The van der Waals surface area contributed by atoms with Crippen LogP contribution in [0.3, 0.4) is 0 Å². The Morgan fingerprint density at radius 1 is 0.946 bits per heavy atom. The number of hydrogen-bond donors (Lipinski definition) is 0. The van der Waals surface area contributed by atoms with Crippen LogP contribution in [-0.4, -0.2) is 15.6 Å². The number of benzene rings is 3. The molecule has 2 aliphatic heterocycles. The fraction of sp³-hybridized carbons (Fsp3) is 0.0690. The average Bonchev–Trinajstić information content (AvgIpc) is 3.24. The van der Waals surface area contributed by atoms with Gasteiger partial charge in [0, 0.05) is 15.6 Å². The first-order chi connectivity index (χ1) is 18.0. The third kappa shape index (κ3) is 3.37. The molecule has 4 heterocycles. The number of nitrogens with zero attached hydrogens (tertiary/aromatic N) is 4. The van der Waals surface area contributed by atoms with Gasteiger partial charge in [-0.05, 0) is 73.2 Å². The maximum absolute atomic E-state index is 14.0. The van der Waals surface area contributed by atoms with Crippen LogP contribution >= 0.6 is 23.2 Å². The summed E-state index contributed by atoms with van der Waals surface area (Å²) in [7, 11) is 0. The zero-order valence-corrected chi connectivity index (χ0v) is 21.0. The van der Waals surface area contributed by atoms with Crippen LogP contribution < -0.4 is 10.3 Å². The highest BCUT2D eigenvalue weighted by Crippen LogP contribution is 2.46. The third-order valence-electron chi connectivity index (χ3n) is 6.82. The van der Waals surface area contributed by atoms with E-state index in [1.54, 1.807) is 29.1 Å². The largest absolute Gasteiger partial charge is 0.464 e. The monoisotopic (exact) mass is 524 g/mol. The van der Waals surface area contributed by atoms with E-state index in [-0.39, 0.29) is 5.43 Å². The van der Waals surface area contributed by atoms with Gasteiger partial charge in [0.25, 0.3) is 0 Å². The molecule has 0 saturated carbocycles. The zero-order chi connectivity index (χ0) is 25.3. The molecule has 0 spiro atoms. The molecule has 180 valence electrons. The number of aryl methyl sites for hydroxylation is 1. The summed E-state index contributed by atoms with van der Waals surface area (Å²) in [6, 6.07) is 20.0. The van der Waals surface area contributed by atoms with E-state index in [9.17, 15) is 4.79 Å². The van der Waals surface area contributed by atoms with Crippen molar-refractivity contribution < 1.29 is 4.42 Å². The maximum atomic E-state index is 14.0. The summed E-state index contributed by atoms with van der Waals surface area (Å²) in [5.74, 6) is 1.36. The molecule has 0 saturated heterocycles. The van der Waals surface area contributed by atoms with Crippen LogP contribution in [-0.2, 0) is 0 Å². The predicted molar refractivity (Wildman–Crippen MR) is 148 cm³/mol. The molecule has 0 N–H and O–H groups in total. The van der Waals surface area contributed by atoms with Gasteiger partial charge in [-0.15, -0.1) is 0 Å². The van der Waals surface area contributed by atoms with Crippen LogP contribution in [0.25, 0.3) is 22.7 Å². The molecule has 2 aliphatic rings. The molecule has 7 rings (SSSR count). The van der Waals surface area contributed by atoms with Gasteiger partial charge < -0.3 is 9.32 Å². The molecule has 1 atom stereocenters. The fourth-order valence-electron chi connectivity index (χ4n) is 5.13. The number of aromatic nitrogens is 2. The molecule has 37 heavy (non-hydrogen) atoms. The van der Waals surface area contributed by atoms with Crippen molar-refractivity contribution in [2.24, 2.45) is 4.99 Å². The van der Waals surface area contributed by atoms with E-state index >= 15 is 0 Å². The molecule has 0 bridgehead atoms. The first-order valence-electron chi connectivity index (χ1n) is 11.7. The van der Waals surface area contributed by atoms with Gasteiger partial charge in [-0.2, -0.15) is 5.10 Å². The number of halogens is 2. The molecule has 0 radical (unpaired) electrons. The Hall–Kier alpha value is -4.13. The highest BCUT2D eigenvalue weighted by Gasteiger charge is 2.39. The summed E-state index contributed by atoms with van der Waals surface area (Å²) >= 11 is 12.4. The Labute approximate surface area is 221 Å². The van der Waals surface area contributed by atoms with Gasteiger partial charge in [-0.25, -0.2) is 9.67 Å². The predicted octanol–water partition coefficient (Wildman–Crippen LogP) is 7.26.